The van der Waals surface area contributed by atoms with Gasteiger partial charge in [0.1, 0.15) is 6.04 Å². The van der Waals surface area contributed by atoms with Crippen molar-refractivity contribution in [2.45, 2.75) is 71.0 Å². The van der Waals surface area contributed by atoms with Gasteiger partial charge in [-0.15, -0.1) is 0 Å². The van der Waals surface area contributed by atoms with Crippen LogP contribution < -0.4 is 5.32 Å². The Hall–Kier alpha value is -2.37. The van der Waals surface area contributed by atoms with Crippen LogP contribution in [0, 0.1) is 5.92 Å². The first-order chi connectivity index (χ1) is 13.8. The molecule has 0 aromatic heterocycles. The zero-order valence-electron chi connectivity index (χ0n) is 17.8. The molecule has 3 amide bonds. The Morgan fingerprint density at radius 3 is 2.55 bits per heavy atom. The Morgan fingerprint density at radius 1 is 1.17 bits per heavy atom. The van der Waals surface area contributed by atoms with Crippen LogP contribution in [-0.4, -0.2) is 58.7 Å². The van der Waals surface area contributed by atoms with Gasteiger partial charge >= 0.3 is 0 Å². The smallest absolute Gasteiger partial charge is 0.245 e. The molecule has 6 heteroatoms. The molecule has 0 bridgehead atoms. The summed E-state index contributed by atoms with van der Waals surface area (Å²) in [6.45, 7) is 6.80. The largest absolute Gasteiger partial charge is 0.352 e. The Labute approximate surface area is 173 Å². The fraction of sp³-hybridized carbons (Fsp3) is 0.609. The SMILES string of the molecule is CC(=O)NC1CC2CN(C(=O)CCCc3ccccc3)C(CC(C)C)C(=O)N2C1. The van der Waals surface area contributed by atoms with E-state index in [0.717, 1.165) is 12.8 Å². The van der Waals surface area contributed by atoms with Crippen LogP contribution in [0.5, 0.6) is 0 Å². The highest BCUT2D eigenvalue weighted by atomic mass is 16.2. The molecule has 158 valence electrons. The minimum Gasteiger partial charge on any atom is -0.352 e. The van der Waals surface area contributed by atoms with E-state index < -0.39 is 0 Å². The molecule has 3 rings (SSSR count). The van der Waals surface area contributed by atoms with Gasteiger partial charge in [0.25, 0.3) is 0 Å². The second-order valence-electron chi connectivity index (χ2n) is 8.81. The fourth-order valence-electron chi connectivity index (χ4n) is 4.61. The summed E-state index contributed by atoms with van der Waals surface area (Å²) >= 11 is 0. The summed E-state index contributed by atoms with van der Waals surface area (Å²) in [7, 11) is 0. The third-order valence-electron chi connectivity index (χ3n) is 5.89. The Bertz CT molecular complexity index is 734. The van der Waals surface area contributed by atoms with Crippen molar-refractivity contribution in [1.29, 1.82) is 0 Å². The highest BCUT2D eigenvalue weighted by Crippen LogP contribution is 2.29. The lowest BCUT2D eigenvalue weighted by Crippen LogP contribution is -2.61. The number of nitrogens with zero attached hydrogens (tertiary/aromatic N) is 2. The molecule has 2 fully saturated rings. The second-order valence-corrected chi connectivity index (χ2v) is 8.81. The van der Waals surface area contributed by atoms with Crippen LogP contribution in [-0.2, 0) is 20.8 Å². The number of hydrogen-bond acceptors (Lipinski definition) is 3. The zero-order valence-corrected chi connectivity index (χ0v) is 17.8. The molecule has 6 nitrogen and oxygen atoms in total. The minimum absolute atomic E-state index is 0.000774. The van der Waals surface area contributed by atoms with Crippen molar-refractivity contribution >= 4 is 17.7 Å². The van der Waals surface area contributed by atoms with Crippen molar-refractivity contribution in [1.82, 2.24) is 15.1 Å². The van der Waals surface area contributed by atoms with Crippen molar-refractivity contribution in [2.24, 2.45) is 5.92 Å². The van der Waals surface area contributed by atoms with E-state index in [4.69, 9.17) is 0 Å². The maximum Gasteiger partial charge on any atom is 0.245 e. The van der Waals surface area contributed by atoms with E-state index in [1.54, 1.807) is 0 Å². The van der Waals surface area contributed by atoms with E-state index in [1.165, 1.54) is 12.5 Å². The molecule has 0 spiro atoms. The number of carbonyl (C=O) groups excluding carboxylic acids is 3. The number of carbonyl (C=O) groups is 3. The molecule has 1 aromatic rings. The van der Waals surface area contributed by atoms with Crippen molar-refractivity contribution < 1.29 is 14.4 Å². The van der Waals surface area contributed by atoms with Gasteiger partial charge in [-0.25, -0.2) is 0 Å². The monoisotopic (exact) mass is 399 g/mol. The van der Waals surface area contributed by atoms with Gasteiger partial charge in [0, 0.05) is 32.5 Å². The van der Waals surface area contributed by atoms with Gasteiger partial charge in [-0.05, 0) is 37.2 Å². The summed E-state index contributed by atoms with van der Waals surface area (Å²) in [6, 6.07) is 9.77. The lowest BCUT2D eigenvalue weighted by Gasteiger charge is -2.43. The van der Waals surface area contributed by atoms with E-state index in [-0.39, 0.29) is 35.8 Å². The van der Waals surface area contributed by atoms with Gasteiger partial charge in [0.05, 0.1) is 6.04 Å². The van der Waals surface area contributed by atoms with Crippen molar-refractivity contribution in [2.75, 3.05) is 13.1 Å². The van der Waals surface area contributed by atoms with E-state index in [9.17, 15) is 14.4 Å². The average Bonchev–Trinajstić information content (AvgIpc) is 3.06. The van der Waals surface area contributed by atoms with Gasteiger partial charge in [0.2, 0.25) is 17.7 Å². The summed E-state index contributed by atoms with van der Waals surface area (Å²) in [5.74, 6) is 0.366. The van der Waals surface area contributed by atoms with Crippen LogP contribution in [0.2, 0.25) is 0 Å². The van der Waals surface area contributed by atoms with Gasteiger partial charge in [-0.3, -0.25) is 14.4 Å². The van der Waals surface area contributed by atoms with E-state index in [2.05, 4.69) is 31.3 Å². The van der Waals surface area contributed by atoms with Gasteiger partial charge in [-0.2, -0.15) is 0 Å². The topological polar surface area (TPSA) is 69.7 Å². The zero-order chi connectivity index (χ0) is 21.0. The van der Waals surface area contributed by atoms with Crippen molar-refractivity contribution in [3.05, 3.63) is 35.9 Å². The first-order valence-electron chi connectivity index (χ1n) is 10.8. The highest BCUT2D eigenvalue weighted by Gasteiger charge is 2.46. The maximum absolute atomic E-state index is 13.2. The van der Waals surface area contributed by atoms with Crippen LogP contribution in [0.25, 0.3) is 0 Å². The number of fused-ring (bicyclic) bond motifs is 1. The predicted molar refractivity (Wildman–Crippen MR) is 112 cm³/mol. The minimum atomic E-state index is -0.383. The molecule has 1 aromatic carbocycles. The quantitative estimate of drug-likeness (QED) is 0.765. The molecule has 0 radical (unpaired) electrons. The molecule has 3 unspecified atom stereocenters. The van der Waals surface area contributed by atoms with Crippen LogP contribution >= 0.6 is 0 Å². The summed E-state index contributed by atoms with van der Waals surface area (Å²) in [4.78, 5) is 41.4. The molecule has 1 N–H and O–H groups in total. The first-order valence-corrected chi connectivity index (χ1v) is 10.8. The van der Waals surface area contributed by atoms with Gasteiger partial charge in [-0.1, -0.05) is 44.2 Å². The lowest BCUT2D eigenvalue weighted by molar-refractivity contribution is -0.154. The second kappa shape index (κ2) is 9.42. The first kappa shape index (κ1) is 21.3. The molecular weight excluding hydrogens is 366 g/mol. The number of hydrogen-bond donors (Lipinski definition) is 1. The number of aryl methyl sites for hydroxylation is 1. The standard InChI is InChI=1S/C23H33N3O3/c1-16(2)12-21-23(29)25-14-19(24-17(3)27)13-20(25)15-26(21)22(28)11-7-10-18-8-5-4-6-9-18/h4-6,8-9,16,19-21H,7,10-15H2,1-3H3,(H,24,27). The van der Waals surface area contributed by atoms with E-state index in [1.807, 2.05) is 28.0 Å². The molecular formula is C23H33N3O3. The normalized spacial score (nSPS) is 24.0. The molecule has 2 saturated heterocycles. The predicted octanol–water partition coefficient (Wildman–Crippen LogP) is 2.37. The molecule has 2 heterocycles. The Kier molecular flexibility index (Phi) is 6.93. The molecule has 0 saturated carbocycles. The van der Waals surface area contributed by atoms with Gasteiger partial charge in [0.15, 0.2) is 0 Å². The molecule has 2 aliphatic rings. The molecule has 2 aliphatic heterocycles. The Balaban J connectivity index is 1.65. The van der Waals surface area contributed by atoms with E-state index >= 15 is 0 Å². The Morgan fingerprint density at radius 2 is 1.90 bits per heavy atom. The maximum atomic E-state index is 13.2. The summed E-state index contributed by atoms with van der Waals surface area (Å²) in [5, 5.41) is 2.93. The summed E-state index contributed by atoms with van der Waals surface area (Å²) < 4.78 is 0. The van der Waals surface area contributed by atoms with Crippen molar-refractivity contribution in [3.8, 4) is 0 Å². The molecule has 0 aliphatic carbocycles. The number of rotatable bonds is 7. The van der Waals surface area contributed by atoms with Crippen LogP contribution in [0.1, 0.15) is 52.0 Å². The lowest BCUT2D eigenvalue weighted by atomic mass is 9.96. The molecule has 3 atom stereocenters. The summed E-state index contributed by atoms with van der Waals surface area (Å²) in [6.07, 6.45) is 3.50. The van der Waals surface area contributed by atoms with Crippen molar-refractivity contribution in [3.63, 3.8) is 0 Å². The highest BCUT2D eigenvalue weighted by molar-refractivity contribution is 5.89. The van der Waals surface area contributed by atoms with Crippen LogP contribution in [0.3, 0.4) is 0 Å². The van der Waals surface area contributed by atoms with Gasteiger partial charge < -0.3 is 15.1 Å². The number of benzene rings is 1. The van der Waals surface area contributed by atoms with Crippen LogP contribution in [0.4, 0.5) is 0 Å². The number of nitrogens with one attached hydrogen (secondary N) is 1. The third-order valence-corrected chi connectivity index (χ3v) is 5.89. The van der Waals surface area contributed by atoms with Crippen LogP contribution in [0.15, 0.2) is 30.3 Å². The third kappa shape index (κ3) is 5.37. The molecule has 29 heavy (non-hydrogen) atoms. The average molecular weight is 400 g/mol. The number of amides is 3. The number of piperazine rings is 1. The summed E-state index contributed by atoms with van der Waals surface area (Å²) in [5.41, 5.74) is 1.23. The fourth-order valence-corrected chi connectivity index (χ4v) is 4.61. The van der Waals surface area contributed by atoms with E-state index in [0.29, 0.717) is 38.3 Å².